The molecule has 2 N–H and O–H groups in total. The summed E-state index contributed by atoms with van der Waals surface area (Å²) in [5, 5.41) is 13.3. The molecule has 0 bridgehead atoms. The Morgan fingerprint density at radius 2 is 2.19 bits per heavy atom. The minimum Gasteiger partial charge on any atom is -0.508 e. The first-order valence-corrected chi connectivity index (χ1v) is 7.89. The van der Waals surface area contributed by atoms with Gasteiger partial charge in [-0.25, -0.2) is 0 Å². The van der Waals surface area contributed by atoms with Crippen molar-refractivity contribution in [2.75, 3.05) is 19.6 Å². The molecule has 21 heavy (non-hydrogen) atoms. The van der Waals surface area contributed by atoms with Gasteiger partial charge in [0.2, 0.25) is 0 Å². The highest BCUT2D eigenvalue weighted by molar-refractivity contribution is 5.96. The van der Waals surface area contributed by atoms with Crippen LogP contribution < -0.4 is 5.32 Å². The van der Waals surface area contributed by atoms with Crippen LogP contribution >= 0.6 is 0 Å². The van der Waals surface area contributed by atoms with Crippen LogP contribution in [0.15, 0.2) is 18.2 Å². The van der Waals surface area contributed by atoms with E-state index in [-0.39, 0.29) is 11.7 Å². The molecule has 4 nitrogen and oxygen atoms in total. The van der Waals surface area contributed by atoms with Gasteiger partial charge in [-0.2, -0.15) is 0 Å². The minimum absolute atomic E-state index is 0.0387. The van der Waals surface area contributed by atoms with E-state index >= 15 is 0 Å². The molecule has 1 fully saturated rings. The normalized spacial score (nSPS) is 22.3. The first kappa shape index (κ1) is 15.8. The van der Waals surface area contributed by atoms with Crippen molar-refractivity contribution in [1.29, 1.82) is 0 Å². The van der Waals surface area contributed by atoms with Crippen LogP contribution in [0.5, 0.6) is 5.75 Å². The average molecular weight is 290 g/mol. The van der Waals surface area contributed by atoms with Gasteiger partial charge in [0.25, 0.3) is 5.91 Å². The molecule has 0 spiro atoms. The van der Waals surface area contributed by atoms with Crippen LogP contribution in [0.2, 0.25) is 0 Å². The second-order valence-corrected chi connectivity index (χ2v) is 5.82. The van der Waals surface area contributed by atoms with E-state index in [0.717, 1.165) is 32.5 Å². The van der Waals surface area contributed by atoms with Crippen LogP contribution in [-0.2, 0) is 0 Å². The zero-order valence-electron chi connectivity index (χ0n) is 13.2. The van der Waals surface area contributed by atoms with E-state index < -0.39 is 0 Å². The summed E-state index contributed by atoms with van der Waals surface area (Å²) < 4.78 is 0. The highest BCUT2D eigenvalue weighted by atomic mass is 16.3. The number of piperidine rings is 1. The van der Waals surface area contributed by atoms with E-state index in [9.17, 15) is 9.90 Å². The molecule has 0 saturated carbocycles. The molecule has 1 aromatic rings. The molecule has 0 aromatic heterocycles. The number of phenolic OH excluding ortho intramolecular Hbond substituents is 1. The Labute approximate surface area is 127 Å². The number of nitrogens with zero attached hydrogens (tertiary/aromatic N) is 1. The van der Waals surface area contributed by atoms with Crippen LogP contribution in [0.1, 0.15) is 42.6 Å². The summed E-state index contributed by atoms with van der Waals surface area (Å²) in [6.45, 7) is 8.65. The monoisotopic (exact) mass is 290 g/mol. The molecular weight excluding hydrogens is 264 g/mol. The van der Waals surface area contributed by atoms with Crippen molar-refractivity contribution in [2.24, 2.45) is 5.92 Å². The van der Waals surface area contributed by atoms with E-state index in [0.29, 0.717) is 23.1 Å². The summed E-state index contributed by atoms with van der Waals surface area (Å²) in [6, 6.07) is 5.67. The summed E-state index contributed by atoms with van der Waals surface area (Å²) >= 11 is 0. The van der Waals surface area contributed by atoms with Crippen LogP contribution in [0.25, 0.3) is 0 Å². The van der Waals surface area contributed by atoms with E-state index in [1.54, 1.807) is 25.1 Å². The molecule has 2 atom stereocenters. The van der Waals surface area contributed by atoms with E-state index in [1.807, 2.05) is 4.90 Å². The zero-order chi connectivity index (χ0) is 15.4. The Morgan fingerprint density at radius 3 is 2.86 bits per heavy atom. The zero-order valence-corrected chi connectivity index (χ0v) is 13.2. The van der Waals surface area contributed by atoms with Crippen molar-refractivity contribution in [3.63, 3.8) is 0 Å². The van der Waals surface area contributed by atoms with E-state index in [2.05, 4.69) is 19.2 Å². The first-order valence-electron chi connectivity index (χ1n) is 7.89. The van der Waals surface area contributed by atoms with Gasteiger partial charge < -0.3 is 15.3 Å². The first-order chi connectivity index (χ1) is 10.1. The van der Waals surface area contributed by atoms with Gasteiger partial charge in [0, 0.05) is 30.3 Å². The van der Waals surface area contributed by atoms with Crippen molar-refractivity contribution in [2.45, 2.75) is 39.7 Å². The van der Waals surface area contributed by atoms with Gasteiger partial charge in [0.1, 0.15) is 5.75 Å². The van der Waals surface area contributed by atoms with Crippen molar-refractivity contribution >= 4 is 5.91 Å². The lowest BCUT2D eigenvalue weighted by Gasteiger charge is -2.39. The number of hydrogen-bond acceptors (Lipinski definition) is 3. The van der Waals surface area contributed by atoms with Gasteiger partial charge >= 0.3 is 0 Å². The van der Waals surface area contributed by atoms with Gasteiger partial charge in [0.15, 0.2) is 0 Å². The number of benzene rings is 1. The van der Waals surface area contributed by atoms with Crippen LogP contribution in [-0.4, -0.2) is 41.6 Å². The molecule has 116 valence electrons. The summed E-state index contributed by atoms with van der Waals surface area (Å²) in [5.41, 5.74) is 1.29. The number of hydrogen-bond donors (Lipinski definition) is 2. The number of aromatic hydroxyl groups is 1. The van der Waals surface area contributed by atoms with Crippen LogP contribution in [0, 0.1) is 12.8 Å². The maximum Gasteiger partial charge on any atom is 0.254 e. The summed E-state index contributed by atoms with van der Waals surface area (Å²) in [4.78, 5) is 14.6. The second kappa shape index (κ2) is 6.94. The smallest absolute Gasteiger partial charge is 0.254 e. The molecule has 0 aliphatic carbocycles. The molecule has 1 saturated heterocycles. The number of carbonyl (C=O) groups is 1. The minimum atomic E-state index is 0.0387. The third kappa shape index (κ3) is 3.38. The highest BCUT2D eigenvalue weighted by Crippen LogP contribution is 2.25. The van der Waals surface area contributed by atoms with E-state index in [1.165, 1.54) is 0 Å². The van der Waals surface area contributed by atoms with Crippen molar-refractivity contribution in [3.05, 3.63) is 29.3 Å². The number of amides is 1. The third-order valence-corrected chi connectivity index (χ3v) is 4.55. The van der Waals surface area contributed by atoms with Crippen molar-refractivity contribution in [3.8, 4) is 5.75 Å². The van der Waals surface area contributed by atoms with Crippen molar-refractivity contribution in [1.82, 2.24) is 10.2 Å². The lowest BCUT2D eigenvalue weighted by atomic mass is 9.89. The number of nitrogens with one attached hydrogen (secondary N) is 1. The van der Waals surface area contributed by atoms with Gasteiger partial charge in [-0.1, -0.05) is 26.3 Å². The molecular formula is C17H26N2O2. The van der Waals surface area contributed by atoms with Crippen molar-refractivity contribution < 1.29 is 9.90 Å². The second-order valence-electron chi connectivity index (χ2n) is 5.82. The molecule has 1 heterocycles. The summed E-state index contributed by atoms with van der Waals surface area (Å²) in [5.74, 6) is 0.729. The predicted molar refractivity (Wildman–Crippen MR) is 84.6 cm³/mol. The number of rotatable bonds is 4. The quantitative estimate of drug-likeness (QED) is 0.896. The maximum atomic E-state index is 12.7. The van der Waals surface area contributed by atoms with E-state index in [4.69, 9.17) is 0 Å². The molecule has 1 aromatic carbocycles. The fourth-order valence-corrected chi connectivity index (χ4v) is 3.19. The largest absolute Gasteiger partial charge is 0.508 e. The SMILES string of the molecule is CCNC1CCN(C(=O)c2cccc(O)c2C)CC1CC. The Balaban J connectivity index is 2.12. The summed E-state index contributed by atoms with van der Waals surface area (Å²) in [7, 11) is 0. The molecule has 0 radical (unpaired) electrons. The third-order valence-electron chi connectivity index (χ3n) is 4.55. The number of likely N-dealkylation sites (tertiary alicyclic amines) is 1. The van der Waals surface area contributed by atoms with Gasteiger partial charge in [-0.05, 0) is 37.9 Å². The molecule has 1 aliphatic rings. The number of carbonyl (C=O) groups excluding carboxylic acids is 1. The Kier molecular flexibility index (Phi) is 5.23. The fourth-order valence-electron chi connectivity index (χ4n) is 3.19. The molecule has 2 rings (SSSR count). The molecule has 4 heteroatoms. The topological polar surface area (TPSA) is 52.6 Å². The summed E-state index contributed by atoms with van der Waals surface area (Å²) in [6.07, 6.45) is 2.07. The fraction of sp³-hybridized carbons (Fsp3) is 0.588. The Morgan fingerprint density at radius 1 is 1.43 bits per heavy atom. The van der Waals surface area contributed by atoms with Crippen LogP contribution in [0.4, 0.5) is 0 Å². The molecule has 1 aliphatic heterocycles. The average Bonchev–Trinajstić information content (AvgIpc) is 2.50. The lowest BCUT2D eigenvalue weighted by Crippen LogP contribution is -2.51. The highest BCUT2D eigenvalue weighted by Gasteiger charge is 2.30. The molecule has 1 amide bonds. The maximum absolute atomic E-state index is 12.7. The Hall–Kier alpha value is -1.55. The van der Waals surface area contributed by atoms with Gasteiger partial charge in [-0.15, -0.1) is 0 Å². The number of phenols is 1. The predicted octanol–water partition coefficient (Wildman–Crippen LogP) is 2.55. The lowest BCUT2D eigenvalue weighted by molar-refractivity contribution is 0.0627. The van der Waals surface area contributed by atoms with Gasteiger partial charge in [0.05, 0.1) is 0 Å². The Bertz CT molecular complexity index is 502. The standard InChI is InChI=1S/C17H26N2O2/c1-4-13-11-19(10-9-15(13)18-5-2)17(21)14-7-6-8-16(20)12(14)3/h6-8,13,15,18,20H,4-5,9-11H2,1-3H3. The van der Waals surface area contributed by atoms with Crippen LogP contribution in [0.3, 0.4) is 0 Å². The van der Waals surface area contributed by atoms with Gasteiger partial charge in [-0.3, -0.25) is 4.79 Å². The molecule has 2 unspecified atom stereocenters.